The molecule has 0 aromatic carbocycles. The zero-order valence-corrected chi connectivity index (χ0v) is 10.3. The Morgan fingerprint density at radius 2 is 2.12 bits per heavy atom. The van der Waals surface area contributed by atoms with Gasteiger partial charge in [0, 0.05) is 19.3 Å². The van der Waals surface area contributed by atoms with Gasteiger partial charge in [0.1, 0.15) is 5.82 Å². The van der Waals surface area contributed by atoms with Crippen molar-refractivity contribution in [2.75, 3.05) is 24.7 Å². The first-order valence-corrected chi connectivity index (χ1v) is 6.98. The standard InChI is InChI=1S/C10H17N3O2S/c1-9-4-7-12-10(8-9)11-5-3-6-13-16(2,14)15/h4,7-8,13H,3,5-6H2,1-2H3,(H,11,12). The molecule has 0 unspecified atom stereocenters. The van der Waals surface area contributed by atoms with Gasteiger partial charge in [0.15, 0.2) is 0 Å². The van der Waals surface area contributed by atoms with Crippen molar-refractivity contribution >= 4 is 15.8 Å². The first-order valence-electron chi connectivity index (χ1n) is 5.08. The van der Waals surface area contributed by atoms with E-state index in [2.05, 4.69) is 15.0 Å². The van der Waals surface area contributed by atoms with Crippen molar-refractivity contribution in [1.29, 1.82) is 0 Å². The second-order valence-corrected chi connectivity index (χ2v) is 5.50. The molecule has 0 radical (unpaired) electrons. The van der Waals surface area contributed by atoms with Gasteiger partial charge in [-0.2, -0.15) is 0 Å². The summed E-state index contributed by atoms with van der Waals surface area (Å²) in [4.78, 5) is 4.14. The summed E-state index contributed by atoms with van der Waals surface area (Å²) in [5.41, 5.74) is 1.15. The molecule has 0 spiro atoms. The predicted molar refractivity (Wildman–Crippen MR) is 64.9 cm³/mol. The molecule has 1 aromatic rings. The van der Waals surface area contributed by atoms with Crippen LogP contribution in [-0.2, 0) is 10.0 Å². The molecule has 0 atom stereocenters. The van der Waals surface area contributed by atoms with E-state index in [9.17, 15) is 8.42 Å². The van der Waals surface area contributed by atoms with E-state index in [1.807, 2.05) is 19.1 Å². The van der Waals surface area contributed by atoms with Gasteiger partial charge in [-0.1, -0.05) is 0 Å². The van der Waals surface area contributed by atoms with Crippen molar-refractivity contribution in [3.05, 3.63) is 23.9 Å². The molecule has 0 saturated heterocycles. The van der Waals surface area contributed by atoms with E-state index < -0.39 is 10.0 Å². The first kappa shape index (κ1) is 12.9. The van der Waals surface area contributed by atoms with Gasteiger partial charge in [0.05, 0.1) is 6.26 Å². The number of aromatic nitrogens is 1. The Balaban J connectivity index is 2.21. The Morgan fingerprint density at radius 1 is 1.38 bits per heavy atom. The predicted octanol–water partition coefficient (Wildman–Crippen LogP) is 0.741. The van der Waals surface area contributed by atoms with Crippen LogP contribution in [0.3, 0.4) is 0 Å². The summed E-state index contributed by atoms with van der Waals surface area (Å²) < 4.78 is 24.0. The normalized spacial score (nSPS) is 11.4. The molecule has 0 aliphatic carbocycles. The number of hydrogen-bond acceptors (Lipinski definition) is 4. The number of anilines is 1. The average molecular weight is 243 g/mol. The molecule has 0 aliphatic heterocycles. The van der Waals surface area contributed by atoms with Crippen LogP contribution in [0.4, 0.5) is 5.82 Å². The summed E-state index contributed by atoms with van der Waals surface area (Å²) >= 11 is 0. The second-order valence-electron chi connectivity index (χ2n) is 3.67. The summed E-state index contributed by atoms with van der Waals surface area (Å²) in [6.07, 6.45) is 3.62. The van der Waals surface area contributed by atoms with E-state index in [0.29, 0.717) is 13.1 Å². The zero-order chi connectivity index (χ0) is 12.0. The minimum absolute atomic E-state index is 0.442. The molecule has 0 fully saturated rings. The highest BCUT2D eigenvalue weighted by atomic mass is 32.2. The Morgan fingerprint density at radius 3 is 2.75 bits per heavy atom. The van der Waals surface area contributed by atoms with E-state index in [-0.39, 0.29) is 0 Å². The molecule has 5 nitrogen and oxygen atoms in total. The SMILES string of the molecule is Cc1ccnc(NCCCNS(C)(=O)=O)c1. The van der Waals surface area contributed by atoms with Crippen LogP contribution in [-0.4, -0.2) is 32.7 Å². The van der Waals surface area contributed by atoms with Gasteiger partial charge in [0.2, 0.25) is 10.0 Å². The van der Waals surface area contributed by atoms with Crippen molar-refractivity contribution in [3.63, 3.8) is 0 Å². The number of nitrogens with one attached hydrogen (secondary N) is 2. The van der Waals surface area contributed by atoms with Crippen LogP contribution in [0.15, 0.2) is 18.3 Å². The molecular formula is C10H17N3O2S. The van der Waals surface area contributed by atoms with Crippen LogP contribution in [0.1, 0.15) is 12.0 Å². The highest BCUT2D eigenvalue weighted by molar-refractivity contribution is 7.88. The molecule has 1 heterocycles. The van der Waals surface area contributed by atoms with Crippen molar-refractivity contribution in [1.82, 2.24) is 9.71 Å². The zero-order valence-electron chi connectivity index (χ0n) is 9.53. The number of aryl methyl sites for hydroxylation is 1. The third-order valence-electron chi connectivity index (χ3n) is 1.94. The number of hydrogen-bond donors (Lipinski definition) is 2. The Labute approximate surface area is 96.3 Å². The maximum atomic E-state index is 10.8. The van der Waals surface area contributed by atoms with Crippen LogP contribution in [0.25, 0.3) is 0 Å². The fourth-order valence-corrected chi connectivity index (χ4v) is 1.71. The highest BCUT2D eigenvalue weighted by Crippen LogP contribution is 2.04. The van der Waals surface area contributed by atoms with Gasteiger partial charge >= 0.3 is 0 Å². The monoisotopic (exact) mass is 243 g/mol. The molecule has 0 bridgehead atoms. The summed E-state index contributed by atoms with van der Waals surface area (Å²) in [5.74, 6) is 0.819. The molecule has 1 rings (SSSR count). The smallest absolute Gasteiger partial charge is 0.208 e. The van der Waals surface area contributed by atoms with Gasteiger partial charge in [-0.3, -0.25) is 0 Å². The highest BCUT2D eigenvalue weighted by Gasteiger charge is 1.98. The minimum atomic E-state index is -3.07. The van der Waals surface area contributed by atoms with Crippen LogP contribution in [0.2, 0.25) is 0 Å². The van der Waals surface area contributed by atoms with E-state index in [4.69, 9.17) is 0 Å². The molecule has 0 saturated carbocycles. The Bertz CT molecular complexity index is 431. The molecule has 0 aliphatic rings. The summed E-state index contributed by atoms with van der Waals surface area (Å²) in [6, 6.07) is 3.88. The maximum absolute atomic E-state index is 10.8. The van der Waals surface area contributed by atoms with Crippen molar-refractivity contribution in [2.24, 2.45) is 0 Å². The van der Waals surface area contributed by atoms with Gasteiger partial charge in [-0.15, -0.1) is 0 Å². The van der Waals surface area contributed by atoms with Crippen molar-refractivity contribution in [2.45, 2.75) is 13.3 Å². The number of rotatable bonds is 6. The largest absolute Gasteiger partial charge is 0.370 e. The lowest BCUT2D eigenvalue weighted by Gasteiger charge is -2.06. The second kappa shape index (κ2) is 5.81. The lowest BCUT2D eigenvalue weighted by molar-refractivity contribution is 0.586. The number of pyridine rings is 1. The lowest BCUT2D eigenvalue weighted by Crippen LogP contribution is -2.24. The van der Waals surface area contributed by atoms with E-state index >= 15 is 0 Å². The Hall–Kier alpha value is -1.14. The van der Waals surface area contributed by atoms with Crippen LogP contribution < -0.4 is 10.0 Å². The molecular weight excluding hydrogens is 226 g/mol. The Kier molecular flexibility index (Phi) is 4.70. The van der Waals surface area contributed by atoms with Crippen molar-refractivity contribution in [3.8, 4) is 0 Å². The van der Waals surface area contributed by atoms with E-state index in [1.54, 1.807) is 6.20 Å². The van der Waals surface area contributed by atoms with Crippen LogP contribution >= 0.6 is 0 Å². The van der Waals surface area contributed by atoms with Gasteiger partial charge in [-0.25, -0.2) is 18.1 Å². The third-order valence-corrected chi connectivity index (χ3v) is 2.67. The topological polar surface area (TPSA) is 71.1 Å². The molecule has 16 heavy (non-hydrogen) atoms. The van der Waals surface area contributed by atoms with Crippen LogP contribution in [0.5, 0.6) is 0 Å². The first-order chi connectivity index (χ1) is 7.47. The van der Waals surface area contributed by atoms with Crippen molar-refractivity contribution < 1.29 is 8.42 Å². The molecule has 0 amide bonds. The van der Waals surface area contributed by atoms with Gasteiger partial charge in [0.25, 0.3) is 0 Å². The van der Waals surface area contributed by atoms with E-state index in [1.165, 1.54) is 0 Å². The lowest BCUT2D eigenvalue weighted by atomic mass is 10.3. The third kappa shape index (κ3) is 5.67. The number of sulfonamides is 1. The maximum Gasteiger partial charge on any atom is 0.208 e. The average Bonchev–Trinajstić information content (AvgIpc) is 2.15. The van der Waals surface area contributed by atoms with Crippen LogP contribution in [0, 0.1) is 6.92 Å². The van der Waals surface area contributed by atoms with Gasteiger partial charge < -0.3 is 5.32 Å². The quantitative estimate of drug-likeness (QED) is 0.723. The van der Waals surface area contributed by atoms with Gasteiger partial charge in [-0.05, 0) is 31.0 Å². The molecule has 2 N–H and O–H groups in total. The fourth-order valence-electron chi connectivity index (χ4n) is 1.20. The number of nitrogens with zero attached hydrogens (tertiary/aromatic N) is 1. The summed E-state index contributed by atoms with van der Waals surface area (Å²) in [5, 5.41) is 3.13. The summed E-state index contributed by atoms with van der Waals surface area (Å²) in [7, 11) is -3.07. The minimum Gasteiger partial charge on any atom is -0.370 e. The molecule has 90 valence electrons. The fraction of sp³-hybridized carbons (Fsp3) is 0.500. The molecule has 1 aromatic heterocycles. The van der Waals surface area contributed by atoms with E-state index in [0.717, 1.165) is 24.1 Å². The molecule has 6 heteroatoms. The summed E-state index contributed by atoms with van der Waals surface area (Å²) in [6.45, 7) is 3.13.